The summed E-state index contributed by atoms with van der Waals surface area (Å²) in [7, 11) is 0. The molecule has 4 rings (SSSR count). The number of aromatic nitrogens is 1. The maximum absolute atomic E-state index is 14.7. The number of hydrogen-bond acceptors (Lipinski definition) is 5. The molecule has 0 bridgehead atoms. The number of alkyl halides is 2. The molecule has 1 aromatic heterocycles. The van der Waals surface area contributed by atoms with Crippen LogP contribution in [0.15, 0.2) is 36.5 Å². The van der Waals surface area contributed by atoms with Crippen molar-refractivity contribution in [1.29, 1.82) is 0 Å². The molecule has 2 aliphatic heterocycles. The number of fused-ring (bicyclic) bond motifs is 1. The highest BCUT2D eigenvalue weighted by Crippen LogP contribution is 2.29. The van der Waals surface area contributed by atoms with Gasteiger partial charge in [0, 0.05) is 31.3 Å². The lowest BCUT2D eigenvalue weighted by Gasteiger charge is -2.29. The minimum atomic E-state index is -3.79. The number of carbonyl (C=O) groups excluding carboxylic acids is 4. The van der Waals surface area contributed by atoms with Gasteiger partial charge in [-0.1, -0.05) is 25.5 Å². The molecule has 0 radical (unpaired) electrons. The van der Waals surface area contributed by atoms with Gasteiger partial charge in [0.15, 0.2) is 0 Å². The Hall–Kier alpha value is -3.69. The fourth-order valence-electron chi connectivity index (χ4n) is 4.24. The van der Waals surface area contributed by atoms with E-state index >= 15 is 0 Å². The highest BCUT2D eigenvalue weighted by Gasteiger charge is 2.43. The number of nitrogens with one attached hydrogen (secondary N) is 2. The summed E-state index contributed by atoms with van der Waals surface area (Å²) in [5, 5.41) is 4.49. The highest BCUT2D eigenvalue weighted by molar-refractivity contribution is 6.05. The third-order valence-electron chi connectivity index (χ3n) is 6.01. The van der Waals surface area contributed by atoms with Gasteiger partial charge in [0.2, 0.25) is 11.8 Å². The minimum absolute atomic E-state index is 0.151. The van der Waals surface area contributed by atoms with Crippen LogP contribution < -0.4 is 10.6 Å². The molecular formula is C24H24F2N4O4. The number of pyridine rings is 1. The fraction of sp³-hybridized carbons (Fsp3) is 0.375. The second-order valence-electron chi connectivity index (χ2n) is 8.45. The van der Waals surface area contributed by atoms with Crippen molar-refractivity contribution in [3.8, 4) is 0 Å². The Morgan fingerprint density at radius 1 is 1.21 bits per heavy atom. The summed E-state index contributed by atoms with van der Waals surface area (Å²) in [5.41, 5.74) is 1.65. The van der Waals surface area contributed by atoms with Crippen molar-refractivity contribution in [2.75, 3.05) is 0 Å². The van der Waals surface area contributed by atoms with Gasteiger partial charge in [-0.2, -0.15) is 8.78 Å². The Bertz CT molecular complexity index is 1170. The van der Waals surface area contributed by atoms with Gasteiger partial charge in [-0.15, -0.1) is 0 Å². The topological polar surface area (TPSA) is 108 Å². The van der Waals surface area contributed by atoms with Crippen LogP contribution in [0.25, 0.3) is 0 Å². The second-order valence-corrected chi connectivity index (χ2v) is 8.45. The zero-order chi connectivity index (χ0) is 24.5. The van der Waals surface area contributed by atoms with Crippen molar-refractivity contribution in [2.45, 2.75) is 57.7 Å². The van der Waals surface area contributed by atoms with Crippen LogP contribution >= 0.6 is 0 Å². The standard InChI is InChI=1S/C24H24F2N4O4/c1-2-3-14-8-9-27-19(11-14)24(25,26)23(34)28-12-15-4-5-17-16(10-15)13-30(22(17)33)18-6-7-20(31)29-21(18)32/h4-5,8-11,18H,2-3,6-7,12-13H2,1H3,(H,28,34)(H,29,31,32). The first-order chi connectivity index (χ1) is 16.2. The molecular weight excluding hydrogens is 446 g/mol. The predicted octanol–water partition coefficient (Wildman–Crippen LogP) is 2.20. The molecule has 10 heteroatoms. The van der Waals surface area contributed by atoms with Crippen LogP contribution in [-0.4, -0.2) is 39.6 Å². The average molecular weight is 470 g/mol. The minimum Gasteiger partial charge on any atom is -0.346 e. The molecule has 178 valence electrons. The summed E-state index contributed by atoms with van der Waals surface area (Å²) in [6, 6.07) is 6.92. The first kappa shape index (κ1) is 23.5. The Balaban J connectivity index is 1.42. The summed E-state index contributed by atoms with van der Waals surface area (Å²) in [4.78, 5) is 53.6. The molecule has 8 nitrogen and oxygen atoms in total. The molecule has 1 saturated heterocycles. The van der Waals surface area contributed by atoms with Crippen molar-refractivity contribution in [3.63, 3.8) is 0 Å². The van der Waals surface area contributed by atoms with Gasteiger partial charge in [0.05, 0.1) is 0 Å². The zero-order valence-electron chi connectivity index (χ0n) is 18.6. The third kappa shape index (κ3) is 4.52. The molecule has 1 aromatic carbocycles. The van der Waals surface area contributed by atoms with Crippen LogP contribution in [0.2, 0.25) is 0 Å². The van der Waals surface area contributed by atoms with Crippen LogP contribution in [-0.2, 0) is 39.8 Å². The molecule has 1 unspecified atom stereocenters. The summed E-state index contributed by atoms with van der Waals surface area (Å²) in [6.45, 7) is 1.93. The zero-order valence-corrected chi connectivity index (χ0v) is 18.6. The Kier molecular flexibility index (Phi) is 6.41. The van der Waals surface area contributed by atoms with Crippen molar-refractivity contribution in [3.05, 3.63) is 64.5 Å². The smallest absolute Gasteiger partial charge is 0.346 e. The van der Waals surface area contributed by atoms with E-state index in [-0.39, 0.29) is 37.7 Å². The van der Waals surface area contributed by atoms with Gasteiger partial charge < -0.3 is 10.2 Å². The highest BCUT2D eigenvalue weighted by atomic mass is 19.3. The van der Waals surface area contributed by atoms with E-state index < -0.39 is 29.5 Å². The molecule has 3 heterocycles. The Morgan fingerprint density at radius 2 is 2.00 bits per heavy atom. The predicted molar refractivity (Wildman–Crippen MR) is 116 cm³/mol. The molecule has 1 fully saturated rings. The number of nitrogens with zero attached hydrogens (tertiary/aromatic N) is 2. The lowest BCUT2D eigenvalue weighted by atomic mass is 10.0. The maximum atomic E-state index is 14.7. The Labute approximate surface area is 194 Å². The SMILES string of the molecule is CCCc1ccnc(C(F)(F)C(=O)NCc2ccc3c(c2)CN(C2CCC(=O)NC2=O)C3=O)c1. The molecule has 4 amide bonds. The quantitative estimate of drug-likeness (QED) is 0.604. The average Bonchev–Trinajstić information content (AvgIpc) is 3.13. The van der Waals surface area contributed by atoms with E-state index in [0.29, 0.717) is 28.7 Å². The molecule has 0 saturated carbocycles. The number of halogens is 2. The molecule has 0 spiro atoms. The first-order valence-corrected chi connectivity index (χ1v) is 11.1. The van der Waals surface area contributed by atoms with Crippen LogP contribution in [0.5, 0.6) is 0 Å². The number of carbonyl (C=O) groups is 4. The van der Waals surface area contributed by atoms with E-state index in [1.54, 1.807) is 24.3 Å². The number of amides is 4. The maximum Gasteiger partial charge on any atom is 0.366 e. The molecule has 2 N–H and O–H groups in total. The number of aryl methyl sites for hydroxylation is 1. The monoisotopic (exact) mass is 470 g/mol. The van der Waals surface area contributed by atoms with Crippen molar-refractivity contribution >= 4 is 23.6 Å². The van der Waals surface area contributed by atoms with Crippen molar-refractivity contribution in [1.82, 2.24) is 20.5 Å². The molecule has 34 heavy (non-hydrogen) atoms. The number of piperidine rings is 1. The van der Waals surface area contributed by atoms with Gasteiger partial charge >= 0.3 is 5.92 Å². The lowest BCUT2D eigenvalue weighted by Crippen LogP contribution is -2.52. The van der Waals surface area contributed by atoms with Gasteiger partial charge in [0.25, 0.3) is 11.8 Å². The van der Waals surface area contributed by atoms with Crippen LogP contribution in [0.4, 0.5) is 8.78 Å². The number of hydrogen-bond donors (Lipinski definition) is 2. The molecule has 0 aliphatic carbocycles. The van der Waals surface area contributed by atoms with Crippen LogP contribution in [0.1, 0.15) is 58.9 Å². The number of benzene rings is 1. The van der Waals surface area contributed by atoms with E-state index in [2.05, 4.69) is 15.6 Å². The lowest BCUT2D eigenvalue weighted by molar-refractivity contribution is -0.147. The van der Waals surface area contributed by atoms with E-state index in [1.807, 2.05) is 6.92 Å². The van der Waals surface area contributed by atoms with E-state index in [0.717, 1.165) is 6.42 Å². The molecule has 2 aliphatic rings. The summed E-state index contributed by atoms with van der Waals surface area (Å²) in [6.07, 6.45) is 3.06. The second kappa shape index (κ2) is 9.28. The first-order valence-electron chi connectivity index (χ1n) is 11.1. The largest absolute Gasteiger partial charge is 0.366 e. The van der Waals surface area contributed by atoms with Gasteiger partial charge in [-0.05, 0) is 47.7 Å². The normalized spacial score (nSPS) is 18.0. The number of rotatable bonds is 7. The van der Waals surface area contributed by atoms with Gasteiger partial charge in [-0.25, -0.2) is 0 Å². The molecule has 1 atom stereocenters. The van der Waals surface area contributed by atoms with E-state index in [1.165, 1.54) is 17.2 Å². The van der Waals surface area contributed by atoms with Crippen LogP contribution in [0.3, 0.4) is 0 Å². The van der Waals surface area contributed by atoms with Gasteiger partial charge in [-0.3, -0.25) is 29.5 Å². The fourth-order valence-corrected chi connectivity index (χ4v) is 4.24. The number of imide groups is 1. The van der Waals surface area contributed by atoms with Crippen LogP contribution in [0, 0.1) is 0 Å². The van der Waals surface area contributed by atoms with E-state index in [4.69, 9.17) is 0 Å². The summed E-state index contributed by atoms with van der Waals surface area (Å²) >= 11 is 0. The van der Waals surface area contributed by atoms with Crippen molar-refractivity contribution < 1.29 is 28.0 Å². The summed E-state index contributed by atoms with van der Waals surface area (Å²) < 4.78 is 29.4. The van der Waals surface area contributed by atoms with Crippen molar-refractivity contribution in [2.24, 2.45) is 0 Å². The van der Waals surface area contributed by atoms with Gasteiger partial charge in [0.1, 0.15) is 11.7 Å². The third-order valence-corrected chi connectivity index (χ3v) is 6.01. The Morgan fingerprint density at radius 3 is 2.74 bits per heavy atom. The molecule has 2 aromatic rings. The van der Waals surface area contributed by atoms with E-state index in [9.17, 15) is 28.0 Å². The summed E-state index contributed by atoms with van der Waals surface area (Å²) in [5.74, 6) is -6.46.